The van der Waals surface area contributed by atoms with Gasteiger partial charge in [-0.25, -0.2) is 0 Å². The molecule has 0 bridgehead atoms. The summed E-state index contributed by atoms with van der Waals surface area (Å²) in [6.45, 7) is 8.64. The number of hydrogen-bond acceptors (Lipinski definition) is 2. The van der Waals surface area contributed by atoms with Crippen LogP contribution in [0.1, 0.15) is 48.9 Å². The van der Waals surface area contributed by atoms with Crippen molar-refractivity contribution in [1.82, 2.24) is 10.2 Å². The number of hydrogen-bond donors (Lipinski definition) is 1. The smallest absolute Gasteiger partial charge is 0.242 e. The number of amides is 2. The number of nitrogens with one attached hydrogen (secondary N) is 1. The standard InChI is InChI=1S/C24H30Cl2N2O2/c1-5-12-27-24(30)22(6-2)28(15-19-20(25)8-7-9-21(19)26)23(29)14-18-13-16(3)10-11-17(18)4/h7-11,13,22H,5-6,12,14-15H2,1-4H3,(H,27,30)/t22-/m0/s1. The second-order valence-corrected chi connectivity index (χ2v) is 8.36. The Morgan fingerprint density at radius 3 is 2.33 bits per heavy atom. The van der Waals surface area contributed by atoms with Gasteiger partial charge < -0.3 is 10.2 Å². The van der Waals surface area contributed by atoms with E-state index in [1.807, 2.05) is 45.9 Å². The Bertz CT molecular complexity index is 879. The molecule has 4 nitrogen and oxygen atoms in total. The number of aryl methyl sites for hydroxylation is 2. The Kier molecular flexibility index (Phi) is 9.19. The van der Waals surface area contributed by atoms with Gasteiger partial charge in [-0.15, -0.1) is 0 Å². The minimum Gasteiger partial charge on any atom is -0.354 e. The summed E-state index contributed by atoms with van der Waals surface area (Å²) in [5.74, 6) is -0.282. The molecule has 0 aliphatic carbocycles. The molecular formula is C24H30Cl2N2O2. The van der Waals surface area contributed by atoms with Crippen molar-refractivity contribution in [1.29, 1.82) is 0 Å². The zero-order valence-corrected chi connectivity index (χ0v) is 19.6. The van der Waals surface area contributed by atoms with Crippen LogP contribution in [0.4, 0.5) is 0 Å². The summed E-state index contributed by atoms with van der Waals surface area (Å²) in [6.07, 6.45) is 1.54. The Hall–Kier alpha value is -2.04. The van der Waals surface area contributed by atoms with Crippen LogP contribution in [0.5, 0.6) is 0 Å². The van der Waals surface area contributed by atoms with E-state index >= 15 is 0 Å². The average molecular weight is 449 g/mol. The SMILES string of the molecule is CCCNC(=O)[C@H](CC)N(Cc1c(Cl)cccc1Cl)C(=O)Cc1cc(C)ccc1C. The third-order valence-corrected chi connectivity index (χ3v) is 5.88. The fourth-order valence-corrected chi connectivity index (χ4v) is 3.91. The predicted octanol–water partition coefficient (Wildman–Crippen LogP) is 5.49. The molecule has 2 amide bonds. The predicted molar refractivity (Wildman–Crippen MR) is 124 cm³/mol. The topological polar surface area (TPSA) is 49.4 Å². The number of carbonyl (C=O) groups excluding carboxylic acids is 2. The van der Waals surface area contributed by atoms with Gasteiger partial charge in [0.25, 0.3) is 0 Å². The fourth-order valence-electron chi connectivity index (χ4n) is 3.39. The van der Waals surface area contributed by atoms with E-state index in [0.29, 0.717) is 28.6 Å². The summed E-state index contributed by atoms with van der Waals surface area (Å²) in [5, 5.41) is 3.88. The minimum atomic E-state index is -0.596. The highest BCUT2D eigenvalue weighted by molar-refractivity contribution is 6.36. The first-order chi connectivity index (χ1) is 14.3. The molecule has 1 N–H and O–H groups in total. The molecule has 2 rings (SSSR count). The molecule has 0 unspecified atom stereocenters. The monoisotopic (exact) mass is 448 g/mol. The van der Waals surface area contributed by atoms with Crippen molar-refractivity contribution < 1.29 is 9.59 Å². The Labute approximate surface area is 189 Å². The minimum absolute atomic E-state index is 0.127. The van der Waals surface area contributed by atoms with E-state index in [9.17, 15) is 9.59 Å². The molecule has 162 valence electrons. The quantitative estimate of drug-likeness (QED) is 0.551. The fraction of sp³-hybridized carbons (Fsp3) is 0.417. The first-order valence-corrected chi connectivity index (χ1v) is 11.1. The summed E-state index contributed by atoms with van der Waals surface area (Å²) < 4.78 is 0. The third kappa shape index (κ3) is 6.23. The van der Waals surface area contributed by atoms with E-state index in [0.717, 1.165) is 23.1 Å². The summed E-state index contributed by atoms with van der Waals surface area (Å²) in [6, 6.07) is 10.7. The van der Waals surface area contributed by atoms with Gasteiger partial charge in [-0.3, -0.25) is 9.59 Å². The Morgan fingerprint density at radius 2 is 1.73 bits per heavy atom. The van der Waals surface area contributed by atoms with E-state index in [2.05, 4.69) is 5.32 Å². The van der Waals surface area contributed by atoms with E-state index in [4.69, 9.17) is 23.2 Å². The van der Waals surface area contributed by atoms with Crippen LogP contribution in [-0.4, -0.2) is 29.3 Å². The maximum absolute atomic E-state index is 13.4. The summed E-state index contributed by atoms with van der Waals surface area (Å²) in [4.78, 5) is 27.9. The summed E-state index contributed by atoms with van der Waals surface area (Å²) in [7, 11) is 0. The maximum Gasteiger partial charge on any atom is 0.242 e. The molecule has 0 aromatic heterocycles. The number of halogens is 2. The van der Waals surface area contributed by atoms with Gasteiger partial charge >= 0.3 is 0 Å². The molecule has 2 aromatic rings. The number of carbonyl (C=O) groups is 2. The van der Waals surface area contributed by atoms with Crippen molar-refractivity contribution in [3.63, 3.8) is 0 Å². The second kappa shape index (κ2) is 11.4. The van der Waals surface area contributed by atoms with Crippen LogP contribution in [0.25, 0.3) is 0 Å². The van der Waals surface area contributed by atoms with E-state index in [1.165, 1.54) is 0 Å². The molecule has 2 aromatic carbocycles. The van der Waals surface area contributed by atoms with Gasteiger partial charge in [0.05, 0.1) is 6.42 Å². The first kappa shape index (κ1) is 24.2. The molecule has 0 aliphatic heterocycles. The molecule has 0 fully saturated rings. The first-order valence-electron chi connectivity index (χ1n) is 10.3. The van der Waals surface area contributed by atoms with Crippen molar-refractivity contribution in [2.75, 3.05) is 6.54 Å². The molecule has 6 heteroatoms. The lowest BCUT2D eigenvalue weighted by Crippen LogP contribution is -2.49. The zero-order chi connectivity index (χ0) is 22.3. The second-order valence-electron chi connectivity index (χ2n) is 7.54. The van der Waals surface area contributed by atoms with Crippen LogP contribution < -0.4 is 5.32 Å². The summed E-state index contributed by atoms with van der Waals surface area (Å²) in [5.41, 5.74) is 3.75. The highest BCUT2D eigenvalue weighted by Gasteiger charge is 2.29. The van der Waals surface area contributed by atoms with Crippen LogP contribution in [-0.2, 0) is 22.6 Å². The number of rotatable bonds is 9. The van der Waals surface area contributed by atoms with Gasteiger partial charge in [-0.05, 0) is 49.9 Å². The van der Waals surface area contributed by atoms with Crippen molar-refractivity contribution in [2.24, 2.45) is 0 Å². The molecule has 0 saturated carbocycles. The van der Waals surface area contributed by atoms with E-state index in [-0.39, 0.29) is 24.8 Å². The van der Waals surface area contributed by atoms with Crippen molar-refractivity contribution in [3.8, 4) is 0 Å². The maximum atomic E-state index is 13.4. The molecule has 0 aliphatic rings. The largest absolute Gasteiger partial charge is 0.354 e. The molecule has 0 saturated heterocycles. The van der Waals surface area contributed by atoms with Gasteiger partial charge in [0.1, 0.15) is 6.04 Å². The molecule has 30 heavy (non-hydrogen) atoms. The molecule has 1 atom stereocenters. The zero-order valence-electron chi connectivity index (χ0n) is 18.1. The van der Waals surface area contributed by atoms with Gasteiger partial charge in [0, 0.05) is 28.7 Å². The van der Waals surface area contributed by atoms with Crippen LogP contribution in [0, 0.1) is 13.8 Å². The molecule has 0 heterocycles. The lowest BCUT2D eigenvalue weighted by Gasteiger charge is -2.31. The average Bonchev–Trinajstić information content (AvgIpc) is 2.71. The highest BCUT2D eigenvalue weighted by atomic mass is 35.5. The third-order valence-electron chi connectivity index (χ3n) is 5.17. The van der Waals surface area contributed by atoms with Gasteiger partial charge in [-0.2, -0.15) is 0 Å². The van der Waals surface area contributed by atoms with Crippen LogP contribution in [0.2, 0.25) is 10.0 Å². The van der Waals surface area contributed by atoms with Gasteiger partial charge in [0.15, 0.2) is 0 Å². The van der Waals surface area contributed by atoms with E-state index in [1.54, 1.807) is 23.1 Å². The van der Waals surface area contributed by atoms with Crippen molar-refractivity contribution in [3.05, 3.63) is 68.7 Å². The Balaban J connectivity index is 2.39. The lowest BCUT2D eigenvalue weighted by molar-refractivity contribution is -0.140. The molecule has 0 radical (unpaired) electrons. The molecule has 0 spiro atoms. The number of benzene rings is 2. The van der Waals surface area contributed by atoms with E-state index < -0.39 is 6.04 Å². The van der Waals surface area contributed by atoms with Crippen molar-refractivity contribution >= 4 is 35.0 Å². The number of nitrogens with zero attached hydrogens (tertiary/aromatic N) is 1. The van der Waals surface area contributed by atoms with Crippen LogP contribution in [0.15, 0.2) is 36.4 Å². The molecular weight excluding hydrogens is 419 g/mol. The normalized spacial score (nSPS) is 11.8. The van der Waals surface area contributed by atoms with Crippen LogP contribution in [0.3, 0.4) is 0 Å². The van der Waals surface area contributed by atoms with Crippen molar-refractivity contribution in [2.45, 2.75) is 59.5 Å². The Morgan fingerprint density at radius 1 is 1.07 bits per heavy atom. The summed E-state index contributed by atoms with van der Waals surface area (Å²) >= 11 is 12.7. The van der Waals surface area contributed by atoms with Crippen LogP contribution >= 0.6 is 23.2 Å². The lowest BCUT2D eigenvalue weighted by atomic mass is 10.0. The van der Waals surface area contributed by atoms with Gasteiger partial charge in [0.2, 0.25) is 11.8 Å². The highest BCUT2D eigenvalue weighted by Crippen LogP contribution is 2.27. The van der Waals surface area contributed by atoms with Gasteiger partial charge in [-0.1, -0.05) is 66.9 Å².